The number of hydrogen-bond acceptors (Lipinski definition) is 8. The summed E-state index contributed by atoms with van der Waals surface area (Å²) in [5, 5.41) is 12.4. The van der Waals surface area contributed by atoms with Gasteiger partial charge in [0.2, 0.25) is 5.91 Å². The molecule has 4 aliphatic rings. The van der Waals surface area contributed by atoms with E-state index in [1.807, 2.05) is 6.08 Å². The minimum atomic E-state index is -0.621. The van der Waals surface area contributed by atoms with Crippen LogP contribution in [0.3, 0.4) is 0 Å². The first-order valence-electron chi connectivity index (χ1n) is 13.1. The molecule has 4 aliphatic carbocycles. The smallest absolute Gasteiger partial charge is 0.339 e. The van der Waals surface area contributed by atoms with Gasteiger partial charge < -0.3 is 19.4 Å². The van der Waals surface area contributed by atoms with Crippen molar-refractivity contribution >= 4 is 35.3 Å². The maximum Gasteiger partial charge on any atom is 0.339 e. The first kappa shape index (κ1) is 26.5. The van der Waals surface area contributed by atoms with Gasteiger partial charge in [0.25, 0.3) is 0 Å². The summed E-state index contributed by atoms with van der Waals surface area (Å²) in [7, 11) is 2.52. The average Bonchev–Trinajstić information content (AvgIpc) is 3.26. The van der Waals surface area contributed by atoms with Crippen LogP contribution in [-0.2, 0) is 27.2 Å². The Balaban J connectivity index is 1.28. The van der Waals surface area contributed by atoms with Crippen LogP contribution in [0.4, 0.5) is 5.69 Å². The van der Waals surface area contributed by atoms with E-state index in [-0.39, 0.29) is 28.5 Å². The summed E-state index contributed by atoms with van der Waals surface area (Å²) in [6.45, 7) is 4.49. The van der Waals surface area contributed by atoms with E-state index in [1.54, 1.807) is 0 Å². The van der Waals surface area contributed by atoms with Gasteiger partial charge in [-0.25, -0.2) is 9.59 Å². The van der Waals surface area contributed by atoms with Gasteiger partial charge in [-0.2, -0.15) is 0 Å². The van der Waals surface area contributed by atoms with Crippen molar-refractivity contribution in [1.82, 2.24) is 14.8 Å². The highest BCUT2D eigenvalue weighted by Crippen LogP contribution is 2.61. The number of allylic oxidation sites excluding steroid dienone is 1. The molecular formula is C28H34N4O5S. The van der Waals surface area contributed by atoms with Crippen molar-refractivity contribution in [2.75, 3.05) is 25.3 Å². The third-order valence-corrected chi connectivity index (χ3v) is 9.22. The van der Waals surface area contributed by atoms with Gasteiger partial charge in [-0.05, 0) is 79.9 Å². The van der Waals surface area contributed by atoms with Gasteiger partial charge in [0.05, 0.1) is 36.8 Å². The van der Waals surface area contributed by atoms with E-state index < -0.39 is 11.9 Å². The number of aromatic nitrogens is 3. The number of rotatable bonds is 10. The topological polar surface area (TPSA) is 112 Å². The molecule has 1 N–H and O–H groups in total. The molecule has 1 aromatic carbocycles. The molecule has 10 heteroatoms. The first-order valence-corrected chi connectivity index (χ1v) is 14.1. The molecule has 4 bridgehead atoms. The molecule has 9 nitrogen and oxygen atoms in total. The number of nitrogens with zero attached hydrogens (tertiary/aromatic N) is 3. The number of ether oxygens (including phenoxy) is 2. The summed E-state index contributed by atoms with van der Waals surface area (Å²) in [6.07, 6.45) is 10.8. The lowest BCUT2D eigenvalue weighted by molar-refractivity contribution is -0.113. The standard InChI is InChI=1S/C28H34N4O5S/c1-4-7-32-23(15-28-12-17-8-18(13-28)10-19(9-17)14-28)30-31-27(32)38-16-24(33)29-22-11-20(25(34)36-2)5-6-21(22)26(35)37-3/h4-6,11,17-19H,1,7-10,12-16H2,2-3H3,(H,29,33). The van der Waals surface area contributed by atoms with Crippen LogP contribution in [0.25, 0.3) is 0 Å². The number of esters is 2. The second-order valence-corrected chi connectivity index (χ2v) is 11.9. The van der Waals surface area contributed by atoms with Crippen LogP contribution in [-0.4, -0.2) is 52.6 Å². The number of hydrogen-bond donors (Lipinski definition) is 1. The summed E-state index contributed by atoms with van der Waals surface area (Å²) in [4.78, 5) is 37.1. The molecule has 6 rings (SSSR count). The number of benzene rings is 1. The molecule has 0 saturated heterocycles. The van der Waals surface area contributed by atoms with Gasteiger partial charge in [0, 0.05) is 13.0 Å². The quantitative estimate of drug-likeness (QED) is 0.267. The number of thioether (sulfide) groups is 1. The minimum absolute atomic E-state index is 0.0513. The molecule has 0 atom stereocenters. The number of amides is 1. The second-order valence-electron chi connectivity index (χ2n) is 11.0. The summed E-state index contributed by atoms with van der Waals surface area (Å²) >= 11 is 1.28. The number of methoxy groups -OCH3 is 2. The van der Waals surface area contributed by atoms with Crippen LogP contribution in [0.15, 0.2) is 36.0 Å². The second kappa shape index (κ2) is 10.9. The molecule has 0 radical (unpaired) electrons. The number of anilines is 1. The Labute approximate surface area is 226 Å². The van der Waals surface area contributed by atoms with E-state index in [2.05, 4.69) is 26.7 Å². The van der Waals surface area contributed by atoms with Crippen LogP contribution >= 0.6 is 11.8 Å². The maximum absolute atomic E-state index is 12.9. The lowest BCUT2D eigenvalue weighted by Crippen LogP contribution is -2.47. The van der Waals surface area contributed by atoms with Crippen molar-refractivity contribution in [2.45, 2.75) is 56.6 Å². The van der Waals surface area contributed by atoms with Crippen molar-refractivity contribution in [1.29, 1.82) is 0 Å². The molecule has 1 heterocycles. The molecule has 0 aliphatic heterocycles. The van der Waals surface area contributed by atoms with Gasteiger partial charge in [-0.1, -0.05) is 17.8 Å². The zero-order chi connectivity index (χ0) is 26.9. The molecule has 4 saturated carbocycles. The van der Waals surface area contributed by atoms with E-state index in [0.717, 1.165) is 30.0 Å². The average molecular weight is 539 g/mol. The predicted molar refractivity (Wildman–Crippen MR) is 143 cm³/mol. The fourth-order valence-corrected chi connectivity index (χ4v) is 7.97. The SMILES string of the molecule is C=CCn1c(CC23CC4CC(CC(C4)C2)C3)nnc1SCC(=O)Nc1cc(C(=O)OC)ccc1C(=O)OC. The minimum Gasteiger partial charge on any atom is -0.465 e. The highest BCUT2D eigenvalue weighted by molar-refractivity contribution is 7.99. The Hall–Kier alpha value is -3.14. The molecule has 2 aromatic rings. The van der Waals surface area contributed by atoms with Gasteiger partial charge in [0.15, 0.2) is 5.16 Å². The zero-order valence-corrected chi connectivity index (χ0v) is 22.7. The fourth-order valence-electron chi connectivity index (χ4n) is 7.21. The molecule has 1 aromatic heterocycles. The third-order valence-electron chi connectivity index (χ3n) is 8.26. The Morgan fingerprint density at radius 1 is 1.08 bits per heavy atom. The van der Waals surface area contributed by atoms with Gasteiger partial charge >= 0.3 is 11.9 Å². The largest absolute Gasteiger partial charge is 0.465 e. The van der Waals surface area contributed by atoms with Crippen LogP contribution in [0, 0.1) is 23.2 Å². The molecule has 4 fully saturated rings. The van der Waals surface area contributed by atoms with Crippen LogP contribution in [0.2, 0.25) is 0 Å². The number of nitrogens with one attached hydrogen (secondary N) is 1. The Kier molecular flexibility index (Phi) is 7.61. The summed E-state index contributed by atoms with van der Waals surface area (Å²) in [5.74, 6) is 2.06. The fraction of sp³-hybridized carbons (Fsp3) is 0.536. The number of carbonyl (C=O) groups is 3. The first-order chi connectivity index (χ1) is 18.3. The predicted octanol–water partition coefficient (Wildman–Crippen LogP) is 4.53. The van der Waals surface area contributed by atoms with E-state index in [0.29, 0.717) is 17.1 Å². The van der Waals surface area contributed by atoms with Gasteiger partial charge in [-0.3, -0.25) is 4.79 Å². The third kappa shape index (κ3) is 5.36. The van der Waals surface area contributed by atoms with Crippen LogP contribution in [0.1, 0.15) is 65.1 Å². The Bertz CT molecular complexity index is 1220. The Morgan fingerprint density at radius 3 is 2.34 bits per heavy atom. The van der Waals surface area contributed by atoms with E-state index in [4.69, 9.17) is 9.47 Å². The molecule has 0 spiro atoms. The van der Waals surface area contributed by atoms with E-state index >= 15 is 0 Å². The summed E-state index contributed by atoms with van der Waals surface area (Å²) < 4.78 is 11.6. The molecule has 38 heavy (non-hydrogen) atoms. The maximum atomic E-state index is 12.9. The van der Waals surface area contributed by atoms with Crippen molar-refractivity contribution in [3.05, 3.63) is 47.8 Å². The molecular weight excluding hydrogens is 504 g/mol. The highest BCUT2D eigenvalue weighted by Gasteiger charge is 2.51. The van der Waals surface area contributed by atoms with Crippen LogP contribution in [0.5, 0.6) is 0 Å². The molecule has 0 unspecified atom stereocenters. The monoisotopic (exact) mass is 538 g/mol. The van der Waals surface area contributed by atoms with Crippen molar-refractivity contribution in [3.8, 4) is 0 Å². The van der Waals surface area contributed by atoms with E-state index in [9.17, 15) is 14.4 Å². The molecule has 1 amide bonds. The highest BCUT2D eigenvalue weighted by atomic mass is 32.2. The van der Waals surface area contributed by atoms with Crippen molar-refractivity contribution in [3.63, 3.8) is 0 Å². The van der Waals surface area contributed by atoms with Crippen molar-refractivity contribution < 1.29 is 23.9 Å². The van der Waals surface area contributed by atoms with Crippen molar-refractivity contribution in [2.24, 2.45) is 23.2 Å². The normalized spacial score (nSPS) is 25.2. The summed E-state index contributed by atoms with van der Waals surface area (Å²) in [5.41, 5.74) is 0.865. The number of carbonyl (C=O) groups excluding carboxylic acids is 3. The lowest BCUT2D eigenvalue weighted by atomic mass is 9.49. The van der Waals surface area contributed by atoms with Gasteiger partial charge in [-0.15, -0.1) is 16.8 Å². The summed E-state index contributed by atoms with van der Waals surface area (Å²) in [6, 6.07) is 4.29. The zero-order valence-electron chi connectivity index (χ0n) is 21.9. The van der Waals surface area contributed by atoms with Gasteiger partial charge in [0.1, 0.15) is 5.82 Å². The lowest BCUT2D eigenvalue weighted by Gasteiger charge is -2.56. The molecule has 202 valence electrons. The van der Waals surface area contributed by atoms with E-state index in [1.165, 1.54) is 82.7 Å². The van der Waals surface area contributed by atoms with Crippen LogP contribution < -0.4 is 5.32 Å². The Morgan fingerprint density at radius 2 is 1.74 bits per heavy atom.